The zero-order chi connectivity index (χ0) is 27.3. The molecule has 4 aromatic rings. The zero-order valence-corrected chi connectivity index (χ0v) is 20.2. The first-order valence-electron chi connectivity index (χ1n) is 11.6. The third-order valence-corrected chi connectivity index (χ3v) is 5.80. The maximum absolute atomic E-state index is 13.3. The molecule has 1 unspecified atom stereocenters. The summed E-state index contributed by atoms with van der Waals surface area (Å²) in [6, 6.07) is 19.3. The minimum Gasteiger partial charge on any atom is -0.405 e. The number of ether oxygens (including phenoxy) is 1. The van der Waals surface area contributed by atoms with Crippen molar-refractivity contribution in [1.29, 1.82) is 5.26 Å². The Morgan fingerprint density at radius 1 is 1.05 bits per heavy atom. The van der Waals surface area contributed by atoms with Crippen LogP contribution in [0, 0.1) is 11.3 Å². The van der Waals surface area contributed by atoms with Crippen LogP contribution >= 0.6 is 0 Å². The maximum Gasteiger partial charge on any atom is 0.573 e. The number of halogens is 3. The molecule has 0 spiro atoms. The molecule has 3 aromatic carbocycles. The van der Waals surface area contributed by atoms with Gasteiger partial charge in [-0.25, -0.2) is 0 Å². The van der Waals surface area contributed by atoms with Crippen LogP contribution in [0.15, 0.2) is 72.9 Å². The highest BCUT2D eigenvalue weighted by Crippen LogP contribution is 2.31. The van der Waals surface area contributed by atoms with Crippen LogP contribution in [0.1, 0.15) is 29.3 Å². The Labute approximate surface area is 216 Å². The van der Waals surface area contributed by atoms with Gasteiger partial charge in [0.1, 0.15) is 5.75 Å². The van der Waals surface area contributed by atoms with Crippen molar-refractivity contribution >= 4 is 28.4 Å². The Bertz CT molecular complexity index is 1500. The van der Waals surface area contributed by atoms with Crippen LogP contribution in [0.3, 0.4) is 0 Å². The quantitative estimate of drug-likeness (QED) is 0.267. The SMILES string of the molecule is CC(=O)Nc1ccc(-c2ccc(OC(F)(F)F)c(C(=O)NC(CC#N)Cc3c[nH]c4ccccc34)c2)cc1. The van der Waals surface area contributed by atoms with Crippen molar-refractivity contribution in [3.63, 3.8) is 0 Å². The summed E-state index contributed by atoms with van der Waals surface area (Å²) in [5.41, 5.74) is 3.05. The average Bonchev–Trinajstić information content (AvgIpc) is 3.26. The molecule has 10 heteroatoms. The molecule has 0 aliphatic heterocycles. The molecular weight excluding hydrogens is 497 g/mol. The molecule has 0 saturated carbocycles. The van der Waals surface area contributed by atoms with E-state index in [0.29, 0.717) is 23.2 Å². The summed E-state index contributed by atoms with van der Waals surface area (Å²) in [5.74, 6) is -1.71. The van der Waals surface area contributed by atoms with E-state index in [4.69, 9.17) is 0 Å². The minimum atomic E-state index is -5.01. The largest absolute Gasteiger partial charge is 0.573 e. The van der Waals surface area contributed by atoms with E-state index in [1.165, 1.54) is 19.1 Å². The molecule has 1 heterocycles. The molecule has 0 fully saturated rings. The number of aromatic nitrogens is 1. The van der Waals surface area contributed by atoms with E-state index >= 15 is 0 Å². The topological polar surface area (TPSA) is 107 Å². The number of nitrogens with zero attached hydrogens (tertiary/aromatic N) is 1. The second-order valence-electron chi connectivity index (χ2n) is 8.61. The lowest BCUT2D eigenvalue weighted by Crippen LogP contribution is -2.36. The van der Waals surface area contributed by atoms with Crippen LogP contribution < -0.4 is 15.4 Å². The van der Waals surface area contributed by atoms with Gasteiger partial charge in [-0.05, 0) is 53.4 Å². The van der Waals surface area contributed by atoms with Crippen molar-refractivity contribution in [3.8, 4) is 22.9 Å². The summed E-state index contributed by atoms with van der Waals surface area (Å²) in [7, 11) is 0. The number of nitrogens with one attached hydrogen (secondary N) is 3. The Morgan fingerprint density at radius 3 is 2.45 bits per heavy atom. The molecule has 1 atom stereocenters. The Balaban J connectivity index is 1.63. The smallest absolute Gasteiger partial charge is 0.405 e. The predicted molar refractivity (Wildman–Crippen MR) is 136 cm³/mol. The third kappa shape index (κ3) is 6.50. The normalized spacial score (nSPS) is 12.0. The Morgan fingerprint density at radius 2 is 1.76 bits per heavy atom. The fourth-order valence-corrected chi connectivity index (χ4v) is 4.16. The number of hydrogen-bond acceptors (Lipinski definition) is 4. The number of H-pyrrole nitrogens is 1. The van der Waals surface area contributed by atoms with Gasteiger partial charge in [0.2, 0.25) is 5.91 Å². The number of amides is 2. The number of hydrogen-bond donors (Lipinski definition) is 3. The second-order valence-corrected chi connectivity index (χ2v) is 8.61. The molecular formula is C28H23F3N4O3. The molecule has 0 aliphatic rings. The lowest BCUT2D eigenvalue weighted by molar-refractivity contribution is -0.274. The molecule has 194 valence electrons. The fourth-order valence-electron chi connectivity index (χ4n) is 4.16. The van der Waals surface area contributed by atoms with Gasteiger partial charge in [0.05, 0.1) is 18.1 Å². The highest BCUT2D eigenvalue weighted by Gasteiger charge is 2.33. The van der Waals surface area contributed by atoms with Gasteiger partial charge in [0.15, 0.2) is 0 Å². The monoisotopic (exact) mass is 520 g/mol. The molecule has 1 aromatic heterocycles. The summed E-state index contributed by atoms with van der Waals surface area (Å²) < 4.78 is 43.5. The summed E-state index contributed by atoms with van der Waals surface area (Å²) in [6.45, 7) is 1.37. The van der Waals surface area contributed by atoms with Crippen molar-refractivity contribution < 1.29 is 27.5 Å². The first-order chi connectivity index (χ1) is 18.1. The van der Waals surface area contributed by atoms with Crippen molar-refractivity contribution in [1.82, 2.24) is 10.3 Å². The minimum absolute atomic E-state index is 0.0506. The van der Waals surface area contributed by atoms with Crippen molar-refractivity contribution in [2.45, 2.75) is 32.2 Å². The molecule has 38 heavy (non-hydrogen) atoms. The number of alkyl halides is 3. The summed E-state index contributed by atoms with van der Waals surface area (Å²) in [6.07, 6.45) is -2.98. The highest BCUT2D eigenvalue weighted by atomic mass is 19.4. The van der Waals surface area contributed by atoms with Crippen LogP contribution in [0.4, 0.5) is 18.9 Å². The molecule has 0 bridgehead atoms. The van der Waals surface area contributed by atoms with E-state index in [1.807, 2.05) is 30.3 Å². The van der Waals surface area contributed by atoms with Crippen LogP contribution in [-0.2, 0) is 11.2 Å². The van der Waals surface area contributed by atoms with Crippen LogP contribution in [-0.4, -0.2) is 29.2 Å². The standard InChI is InChI=1S/C28H23F3N4O3/c1-17(36)34-21-9-6-18(7-10-21)19-8-11-26(38-28(29,30)31)24(15-19)27(37)35-22(12-13-32)14-20-16-33-25-5-3-2-4-23(20)25/h2-11,15-16,22,33H,12,14H2,1H3,(H,34,36)(H,35,37). The van der Waals surface area contributed by atoms with Crippen LogP contribution in [0.2, 0.25) is 0 Å². The van der Waals surface area contributed by atoms with Crippen molar-refractivity contribution in [2.75, 3.05) is 5.32 Å². The lowest BCUT2D eigenvalue weighted by atomic mass is 10.00. The van der Waals surface area contributed by atoms with Gasteiger partial charge in [-0.2, -0.15) is 5.26 Å². The summed E-state index contributed by atoms with van der Waals surface area (Å²) in [5, 5.41) is 15.6. The van der Waals surface area contributed by atoms with E-state index in [2.05, 4.69) is 20.4 Å². The van der Waals surface area contributed by atoms with Gasteiger partial charge in [-0.1, -0.05) is 36.4 Å². The molecule has 0 aliphatic carbocycles. The van der Waals surface area contributed by atoms with Gasteiger partial charge < -0.3 is 20.4 Å². The van der Waals surface area contributed by atoms with Gasteiger partial charge >= 0.3 is 6.36 Å². The number of aromatic amines is 1. The number of fused-ring (bicyclic) bond motifs is 1. The zero-order valence-electron chi connectivity index (χ0n) is 20.2. The molecule has 3 N–H and O–H groups in total. The molecule has 0 saturated heterocycles. The van der Waals surface area contributed by atoms with Gasteiger partial charge in [-0.3, -0.25) is 9.59 Å². The summed E-state index contributed by atoms with van der Waals surface area (Å²) >= 11 is 0. The van der Waals surface area contributed by atoms with E-state index in [0.717, 1.165) is 22.5 Å². The first-order valence-corrected chi connectivity index (χ1v) is 11.6. The third-order valence-electron chi connectivity index (χ3n) is 5.80. The average molecular weight is 521 g/mol. The Hall–Kier alpha value is -4.78. The number of carbonyl (C=O) groups is 2. The Kier molecular flexibility index (Phi) is 7.67. The molecule has 2 amide bonds. The number of carbonyl (C=O) groups excluding carboxylic acids is 2. The number of para-hydroxylation sites is 1. The maximum atomic E-state index is 13.3. The van der Waals surface area contributed by atoms with Gasteiger partial charge in [0, 0.05) is 35.8 Å². The first kappa shape index (κ1) is 26.3. The predicted octanol–water partition coefficient (Wildman–Crippen LogP) is 5.95. The van der Waals surface area contributed by atoms with Crippen LogP contribution in [0.25, 0.3) is 22.0 Å². The number of nitriles is 1. The van der Waals surface area contributed by atoms with E-state index in [9.17, 15) is 28.0 Å². The highest BCUT2D eigenvalue weighted by molar-refractivity contribution is 5.98. The number of benzene rings is 3. The van der Waals surface area contributed by atoms with E-state index in [-0.39, 0.29) is 17.9 Å². The van der Waals surface area contributed by atoms with E-state index < -0.39 is 24.1 Å². The van der Waals surface area contributed by atoms with E-state index in [1.54, 1.807) is 30.5 Å². The van der Waals surface area contributed by atoms with Crippen molar-refractivity contribution in [3.05, 3.63) is 84.1 Å². The number of anilines is 1. The van der Waals surface area contributed by atoms with Gasteiger partial charge in [0.25, 0.3) is 5.91 Å². The van der Waals surface area contributed by atoms with Gasteiger partial charge in [-0.15, -0.1) is 13.2 Å². The molecule has 4 rings (SSSR count). The van der Waals surface area contributed by atoms with Crippen LogP contribution in [0.5, 0.6) is 5.75 Å². The number of rotatable bonds is 8. The summed E-state index contributed by atoms with van der Waals surface area (Å²) in [4.78, 5) is 27.7. The second kappa shape index (κ2) is 11.1. The fraction of sp³-hybridized carbons (Fsp3) is 0.179. The van der Waals surface area contributed by atoms with Crippen molar-refractivity contribution in [2.24, 2.45) is 0 Å². The lowest BCUT2D eigenvalue weighted by Gasteiger charge is -2.19. The molecule has 0 radical (unpaired) electrons. The molecule has 7 nitrogen and oxygen atoms in total.